The zero-order chi connectivity index (χ0) is 24.2. The number of piperazine rings is 1. The molecule has 34 heavy (non-hydrogen) atoms. The highest BCUT2D eigenvalue weighted by molar-refractivity contribution is 6.35. The van der Waals surface area contributed by atoms with Gasteiger partial charge in [0.25, 0.3) is 11.5 Å². The maximum absolute atomic E-state index is 13.1. The lowest BCUT2D eigenvalue weighted by atomic mass is 10.1. The van der Waals surface area contributed by atoms with Crippen LogP contribution in [0.25, 0.3) is 0 Å². The smallest absolute Gasteiger partial charge is 0.326 e. The number of H-pyrrole nitrogens is 2. The van der Waals surface area contributed by atoms with Crippen molar-refractivity contribution in [3.8, 4) is 0 Å². The predicted molar refractivity (Wildman–Crippen MR) is 125 cm³/mol. The normalized spacial score (nSPS) is 16.4. The molecule has 4 rings (SSSR count). The fourth-order valence-corrected chi connectivity index (χ4v) is 4.24. The molecule has 1 fully saturated rings. The molecule has 2 amide bonds. The van der Waals surface area contributed by atoms with Crippen LogP contribution in [0.5, 0.6) is 0 Å². The molecule has 0 radical (unpaired) electrons. The standard InChI is InChI=1S/C22H21Cl2N5O5/c23-14-4-3-13(16(24)8-14)11-28-5-6-29(21(32)17-9-19(30)27-22(33)26-17)12-18(28)20(31)25-10-15-2-1-7-34-15/h1-4,7-9,18H,5-6,10-12H2,(H,25,31)(H2,26,27,30,33). The van der Waals surface area contributed by atoms with E-state index in [1.807, 2.05) is 9.88 Å². The van der Waals surface area contributed by atoms with Gasteiger partial charge in [0.1, 0.15) is 17.5 Å². The number of aromatic amines is 2. The van der Waals surface area contributed by atoms with E-state index in [2.05, 4.69) is 10.3 Å². The first-order chi connectivity index (χ1) is 16.3. The van der Waals surface area contributed by atoms with Crippen molar-refractivity contribution in [2.75, 3.05) is 19.6 Å². The first-order valence-electron chi connectivity index (χ1n) is 10.4. The summed E-state index contributed by atoms with van der Waals surface area (Å²) in [7, 11) is 0. The highest BCUT2D eigenvalue weighted by Crippen LogP contribution is 2.24. The molecule has 0 bridgehead atoms. The Morgan fingerprint density at radius 3 is 2.65 bits per heavy atom. The Morgan fingerprint density at radius 2 is 1.94 bits per heavy atom. The topological polar surface area (TPSA) is 132 Å². The van der Waals surface area contributed by atoms with E-state index >= 15 is 0 Å². The quantitative estimate of drug-likeness (QED) is 0.466. The van der Waals surface area contributed by atoms with Crippen LogP contribution >= 0.6 is 23.2 Å². The molecule has 3 heterocycles. The van der Waals surface area contributed by atoms with Crippen molar-refractivity contribution in [1.82, 2.24) is 25.1 Å². The van der Waals surface area contributed by atoms with E-state index in [-0.39, 0.29) is 31.2 Å². The Balaban J connectivity index is 1.55. The number of carbonyl (C=O) groups excluding carboxylic acids is 2. The third-order valence-electron chi connectivity index (χ3n) is 5.48. The van der Waals surface area contributed by atoms with Crippen molar-refractivity contribution in [3.05, 3.63) is 90.6 Å². The van der Waals surface area contributed by atoms with Gasteiger partial charge in [-0.3, -0.25) is 24.3 Å². The maximum Gasteiger partial charge on any atom is 0.326 e. The van der Waals surface area contributed by atoms with Crippen molar-refractivity contribution < 1.29 is 14.0 Å². The van der Waals surface area contributed by atoms with Gasteiger partial charge in [0.2, 0.25) is 5.91 Å². The van der Waals surface area contributed by atoms with Crippen LogP contribution in [-0.4, -0.2) is 57.3 Å². The third kappa shape index (κ3) is 5.58. The minimum absolute atomic E-state index is 0.0445. The molecule has 0 saturated carbocycles. The van der Waals surface area contributed by atoms with Crippen LogP contribution in [-0.2, 0) is 17.9 Å². The van der Waals surface area contributed by atoms with Crippen LogP contribution < -0.4 is 16.6 Å². The summed E-state index contributed by atoms with van der Waals surface area (Å²) >= 11 is 12.3. The van der Waals surface area contributed by atoms with Crippen molar-refractivity contribution in [3.63, 3.8) is 0 Å². The summed E-state index contributed by atoms with van der Waals surface area (Å²) in [6, 6.07) is 8.92. The number of carbonyl (C=O) groups is 2. The second-order valence-electron chi connectivity index (χ2n) is 7.77. The molecule has 1 atom stereocenters. The monoisotopic (exact) mass is 505 g/mol. The van der Waals surface area contributed by atoms with Crippen molar-refractivity contribution in [1.29, 1.82) is 0 Å². The summed E-state index contributed by atoms with van der Waals surface area (Å²) in [6.07, 6.45) is 1.51. The SMILES string of the molecule is O=C(NCc1ccco1)C1CN(C(=O)c2cc(=O)[nH]c(=O)[nH]2)CCN1Cc1ccc(Cl)cc1Cl. The minimum Gasteiger partial charge on any atom is -0.467 e. The van der Waals surface area contributed by atoms with Crippen molar-refractivity contribution >= 4 is 35.0 Å². The molecule has 0 spiro atoms. The number of nitrogens with zero attached hydrogens (tertiary/aromatic N) is 2. The van der Waals surface area contributed by atoms with Gasteiger partial charge in [-0.25, -0.2) is 4.79 Å². The Kier molecular flexibility index (Phi) is 7.20. The Labute approximate surface area is 203 Å². The van der Waals surface area contributed by atoms with E-state index in [9.17, 15) is 19.2 Å². The van der Waals surface area contributed by atoms with E-state index < -0.39 is 23.2 Å². The van der Waals surface area contributed by atoms with Gasteiger partial charge in [-0.2, -0.15) is 0 Å². The summed E-state index contributed by atoms with van der Waals surface area (Å²) in [5, 5.41) is 3.81. The molecular weight excluding hydrogens is 485 g/mol. The highest BCUT2D eigenvalue weighted by atomic mass is 35.5. The van der Waals surface area contributed by atoms with Crippen LogP contribution in [0.4, 0.5) is 0 Å². The molecule has 3 aromatic rings. The fourth-order valence-electron chi connectivity index (χ4n) is 3.77. The lowest BCUT2D eigenvalue weighted by Crippen LogP contribution is -2.59. The number of aromatic nitrogens is 2. The van der Waals surface area contributed by atoms with Gasteiger partial charge in [0.05, 0.1) is 12.8 Å². The molecule has 3 N–H and O–H groups in total. The lowest BCUT2D eigenvalue weighted by molar-refractivity contribution is -0.128. The Bertz CT molecular complexity index is 1280. The van der Waals surface area contributed by atoms with Crippen LogP contribution in [0.1, 0.15) is 21.8 Å². The van der Waals surface area contributed by atoms with Crippen LogP contribution in [0, 0.1) is 0 Å². The number of hydrogen-bond acceptors (Lipinski definition) is 6. The summed E-state index contributed by atoms with van der Waals surface area (Å²) in [5.41, 5.74) is -0.818. The van der Waals surface area contributed by atoms with E-state index in [4.69, 9.17) is 27.6 Å². The first kappa shape index (κ1) is 23.8. The van der Waals surface area contributed by atoms with Gasteiger partial charge >= 0.3 is 5.69 Å². The van der Waals surface area contributed by atoms with Crippen molar-refractivity contribution in [2.24, 2.45) is 0 Å². The Hall–Kier alpha value is -3.34. The molecule has 1 aliphatic heterocycles. The van der Waals surface area contributed by atoms with Crippen LogP contribution in [0.2, 0.25) is 10.0 Å². The lowest BCUT2D eigenvalue weighted by Gasteiger charge is -2.40. The summed E-state index contributed by atoms with van der Waals surface area (Å²) in [6.45, 7) is 1.23. The summed E-state index contributed by atoms with van der Waals surface area (Å²) in [4.78, 5) is 57.1. The largest absolute Gasteiger partial charge is 0.467 e. The highest BCUT2D eigenvalue weighted by Gasteiger charge is 2.35. The number of benzene rings is 1. The van der Waals surface area contributed by atoms with Crippen LogP contribution in [0.3, 0.4) is 0 Å². The predicted octanol–water partition coefficient (Wildman–Crippen LogP) is 1.61. The van der Waals surface area contributed by atoms with Crippen LogP contribution in [0.15, 0.2) is 56.7 Å². The molecule has 10 nitrogen and oxygen atoms in total. The minimum atomic E-state index is -0.778. The van der Waals surface area contributed by atoms with E-state index in [0.29, 0.717) is 28.9 Å². The summed E-state index contributed by atoms with van der Waals surface area (Å²) in [5.74, 6) is -0.264. The average Bonchev–Trinajstić information content (AvgIpc) is 3.32. The number of nitrogens with one attached hydrogen (secondary N) is 3. The molecule has 0 aliphatic carbocycles. The number of halogens is 2. The molecule has 1 saturated heterocycles. The van der Waals surface area contributed by atoms with E-state index in [1.54, 1.807) is 30.3 Å². The molecule has 2 aromatic heterocycles. The van der Waals surface area contributed by atoms with Crippen molar-refractivity contribution in [2.45, 2.75) is 19.1 Å². The first-order valence-corrected chi connectivity index (χ1v) is 11.2. The molecule has 1 aliphatic rings. The number of amides is 2. The average molecular weight is 506 g/mol. The number of rotatable bonds is 6. The van der Waals surface area contributed by atoms with E-state index in [0.717, 1.165) is 11.6 Å². The maximum atomic E-state index is 13.1. The number of hydrogen-bond donors (Lipinski definition) is 3. The third-order valence-corrected chi connectivity index (χ3v) is 6.06. The zero-order valence-corrected chi connectivity index (χ0v) is 19.4. The van der Waals surface area contributed by atoms with Gasteiger partial charge in [-0.15, -0.1) is 0 Å². The summed E-state index contributed by atoms with van der Waals surface area (Å²) < 4.78 is 5.27. The molecule has 178 valence electrons. The molecule has 1 unspecified atom stereocenters. The van der Waals surface area contributed by atoms with Gasteiger partial charge in [-0.05, 0) is 29.8 Å². The van der Waals surface area contributed by atoms with Gasteiger partial charge in [-0.1, -0.05) is 29.3 Å². The fraction of sp³-hybridized carbons (Fsp3) is 0.273. The van der Waals surface area contributed by atoms with Gasteiger partial charge < -0.3 is 19.6 Å². The second kappa shape index (κ2) is 10.3. The van der Waals surface area contributed by atoms with Gasteiger partial charge in [0.15, 0.2) is 0 Å². The van der Waals surface area contributed by atoms with E-state index in [1.165, 1.54) is 11.2 Å². The zero-order valence-electron chi connectivity index (χ0n) is 17.8. The number of furan rings is 1. The van der Waals surface area contributed by atoms with Gasteiger partial charge in [0, 0.05) is 42.3 Å². The Morgan fingerprint density at radius 1 is 1.12 bits per heavy atom. The second-order valence-corrected chi connectivity index (χ2v) is 8.62. The molecular formula is C22H21Cl2N5O5. The molecule has 12 heteroatoms. The molecule has 1 aromatic carbocycles.